The molecule has 0 saturated heterocycles. The van der Waals surface area contributed by atoms with E-state index in [1.54, 1.807) is 61.2 Å². The number of anilines is 1. The standard InChI is InChI=1S/C29H20ClN7O3S2/c30-26-7-6-19(41-26)15-33-27-13-23(35-37(27)29(40)25-8-11-34-42-25)20-12-28(39)36(16-21(20)18-4-3-9-31-14-18)17-24(38)22-5-1-2-10-32-22/h1-14,16,33H,15,17H2. The molecule has 6 heterocycles. The van der Waals surface area contributed by atoms with E-state index < -0.39 is 5.56 Å². The average Bonchev–Trinajstić information content (AvgIpc) is 3.79. The molecule has 6 aromatic rings. The van der Waals surface area contributed by atoms with E-state index in [4.69, 9.17) is 11.6 Å². The van der Waals surface area contributed by atoms with E-state index in [2.05, 4.69) is 24.8 Å². The molecule has 13 heteroatoms. The van der Waals surface area contributed by atoms with E-state index in [9.17, 15) is 14.4 Å². The van der Waals surface area contributed by atoms with Crippen molar-refractivity contribution in [2.75, 3.05) is 5.32 Å². The van der Waals surface area contributed by atoms with Crippen molar-refractivity contribution in [3.8, 4) is 22.4 Å². The Morgan fingerprint density at radius 3 is 2.60 bits per heavy atom. The Morgan fingerprint density at radius 2 is 1.88 bits per heavy atom. The van der Waals surface area contributed by atoms with Gasteiger partial charge in [0.25, 0.3) is 11.5 Å². The number of hydrogen-bond donors (Lipinski definition) is 1. The quantitative estimate of drug-likeness (QED) is 0.211. The van der Waals surface area contributed by atoms with Crippen LogP contribution in [0.4, 0.5) is 5.82 Å². The second-order valence-corrected chi connectivity index (χ2v) is 11.6. The molecule has 0 spiro atoms. The molecule has 0 aliphatic carbocycles. The SMILES string of the molecule is O=C(Cn1cc(-c2cccnc2)c(-c2cc(NCc3ccc(Cl)s3)n(C(=O)c3ccns3)n2)cc1=O)c1ccccn1. The first-order valence-corrected chi connectivity index (χ1v) is 14.6. The highest BCUT2D eigenvalue weighted by molar-refractivity contribution is 7.16. The van der Waals surface area contributed by atoms with E-state index in [0.717, 1.165) is 16.4 Å². The van der Waals surface area contributed by atoms with Crippen LogP contribution in [0, 0.1) is 0 Å². The summed E-state index contributed by atoms with van der Waals surface area (Å²) in [6.07, 6.45) is 8.00. The highest BCUT2D eigenvalue weighted by atomic mass is 35.5. The molecule has 0 atom stereocenters. The smallest absolute Gasteiger partial charge is 0.291 e. The lowest BCUT2D eigenvalue weighted by atomic mass is 10.0. The van der Waals surface area contributed by atoms with Crippen molar-refractivity contribution in [1.82, 2.24) is 28.7 Å². The number of carbonyl (C=O) groups excluding carboxylic acids is 2. The molecule has 0 amide bonds. The maximum Gasteiger partial charge on any atom is 0.291 e. The van der Waals surface area contributed by atoms with Gasteiger partial charge in [0.2, 0.25) is 5.78 Å². The first-order valence-electron chi connectivity index (χ1n) is 12.6. The zero-order chi connectivity index (χ0) is 29.1. The predicted octanol–water partition coefficient (Wildman–Crippen LogP) is 5.52. The molecule has 10 nitrogen and oxygen atoms in total. The fraction of sp³-hybridized carbons (Fsp3) is 0.0690. The molecular weight excluding hydrogens is 594 g/mol. The average molecular weight is 614 g/mol. The Kier molecular flexibility index (Phi) is 7.82. The van der Waals surface area contributed by atoms with Crippen molar-refractivity contribution in [2.24, 2.45) is 0 Å². The van der Waals surface area contributed by atoms with Crippen molar-refractivity contribution in [1.29, 1.82) is 0 Å². The number of hydrogen-bond acceptors (Lipinski definition) is 10. The maximum absolute atomic E-state index is 13.4. The summed E-state index contributed by atoms with van der Waals surface area (Å²) in [4.78, 5) is 49.3. The third-order valence-electron chi connectivity index (χ3n) is 6.26. The van der Waals surface area contributed by atoms with Crippen molar-refractivity contribution in [3.63, 3.8) is 0 Å². The van der Waals surface area contributed by atoms with Crippen LogP contribution in [-0.4, -0.2) is 40.4 Å². The van der Waals surface area contributed by atoms with Crippen LogP contribution in [-0.2, 0) is 13.1 Å². The van der Waals surface area contributed by atoms with E-state index >= 15 is 0 Å². The lowest BCUT2D eigenvalue weighted by Gasteiger charge is -2.12. The van der Waals surface area contributed by atoms with Crippen LogP contribution in [0.3, 0.4) is 0 Å². The Balaban J connectivity index is 1.43. The molecule has 0 aliphatic heterocycles. The van der Waals surface area contributed by atoms with Gasteiger partial charge in [-0.3, -0.25) is 24.4 Å². The van der Waals surface area contributed by atoms with Crippen LogP contribution < -0.4 is 10.9 Å². The van der Waals surface area contributed by atoms with Gasteiger partial charge < -0.3 is 9.88 Å². The predicted molar refractivity (Wildman–Crippen MR) is 162 cm³/mol. The first-order chi connectivity index (χ1) is 20.5. The highest BCUT2D eigenvalue weighted by Gasteiger charge is 2.22. The van der Waals surface area contributed by atoms with Crippen LogP contribution in [0.15, 0.2) is 96.4 Å². The molecule has 0 saturated carbocycles. The molecule has 0 unspecified atom stereocenters. The minimum atomic E-state index is -0.409. The Morgan fingerprint density at radius 1 is 0.976 bits per heavy atom. The summed E-state index contributed by atoms with van der Waals surface area (Å²) < 4.78 is 7.30. The van der Waals surface area contributed by atoms with Crippen molar-refractivity contribution >= 4 is 52.0 Å². The number of rotatable bonds is 9. The highest BCUT2D eigenvalue weighted by Crippen LogP contribution is 2.32. The zero-order valence-corrected chi connectivity index (χ0v) is 24.1. The van der Waals surface area contributed by atoms with Gasteiger partial charge in [0.05, 0.1) is 23.1 Å². The minimum absolute atomic E-state index is 0.197. The Labute approximate surface area is 252 Å². The third-order valence-corrected chi connectivity index (χ3v) is 8.23. The number of halogens is 1. The number of ketones is 1. The van der Waals surface area contributed by atoms with Crippen LogP contribution in [0.25, 0.3) is 22.4 Å². The van der Waals surface area contributed by atoms with E-state index in [-0.39, 0.29) is 23.9 Å². The van der Waals surface area contributed by atoms with Crippen molar-refractivity contribution < 1.29 is 9.59 Å². The monoisotopic (exact) mass is 613 g/mol. The number of thiophene rings is 1. The second-order valence-electron chi connectivity index (χ2n) is 9.01. The summed E-state index contributed by atoms with van der Waals surface area (Å²) in [6, 6.07) is 17.1. The molecule has 0 bridgehead atoms. The zero-order valence-electron chi connectivity index (χ0n) is 21.7. The number of Topliss-reactive ketones (excluding diaryl/α,β-unsaturated/α-hetero) is 1. The molecule has 0 aromatic carbocycles. The number of pyridine rings is 3. The summed E-state index contributed by atoms with van der Waals surface area (Å²) in [7, 11) is 0. The summed E-state index contributed by atoms with van der Waals surface area (Å²) in [5, 5.41) is 7.91. The van der Waals surface area contributed by atoms with E-state index in [1.807, 2.05) is 18.2 Å². The normalized spacial score (nSPS) is 11.0. The van der Waals surface area contributed by atoms with Gasteiger partial charge in [0.1, 0.15) is 16.4 Å². The van der Waals surface area contributed by atoms with Gasteiger partial charge in [-0.05, 0) is 47.9 Å². The third kappa shape index (κ3) is 5.81. The number of nitrogens with zero attached hydrogens (tertiary/aromatic N) is 6. The Hall–Kier alpha value is -4.78. The van der Waals surface area contributed by atoms with E-state index in [0.29, 0.717) is 44.0 Å². The van der Waals surface area contributed by atoms with Gasteiger partial charge in [0, 0.05) is 64.7 Å². The second kappa shape index (κ2) is 12.0. The molecule has 1 N–H and O–H groups in total. The van der Waals surface area contributed by atoms with Gasteiger partial charge in [0.15, 0.2) is 0 Å². The molecule has 0 aliphatic rings. The number of aromatic nitrogens is 6. The lowest BCUT2D eigenvalue weighted by molar-refractivity contribution is 0.0948. The topological polar surface area (TPSA) is 125 Å². The van der Waals surface area contributed by atoms with Crippen LogP contribution in [0.5, 0.6) is 0 Å². The van der Waals surface area contributed by atoms with Crippen LogP contribution >= 0.6 is 34.5 Å². The van der Waals surface area contributed by atoms with Crippen LogP contribution in [0.2, 0.25) is 4.34 Å². The molecule has 42 heavy (non-hydrogen) atoms. The van der Waals surface area contributed by atoms with Gasteiger partial charge in [-0.1, -0.05) is 23.7 Å². The minimum Gasteiger partial charge on any atom is -0.365 e. The lowest BCUT2D eigenvalue weighted by Crippen LogP contribution is -2.24. The van der Waals surface area contributed by atoms with Gasteiger partial charge in [-0.2, -0.15) is 9.78 Å². The molecule has 0 fully saturated rings. The summed E-state index contributed by atoms with van der Waals surface area (Å²) in [5.41, 5.74) is 2.04. The summed E-state index contributed by atoms with van der Waals surface area (Å²) in [5.74, 6) is -0.241. The molecule has 0 radical (unpaired) electrons. The summed E-state index contributed by atoms with van der Waals surface area (Å²) >= 11 is 8.59. The maximum atomic E-state index is 13.4. The number of nitrogens with one attached hydrogen (secondary N) is 1. The number of carbonyl (C=O) groups is 2. The molecule has 208 valence electrons. The summed E-state index contributed by atoms with van der Waals surface area (Å²) in [6.45, 7) is 0.211. The van der Waals surface area contributed by atoms with Gasteiger partial charge in [-0.15, -0.1) is 11.3 Å². The van der Waals surface area contributed by atoms with Crippen LogP contribution in [0.1, 0.15) is 25.0 Å². The molecule has 6 aromatic heterocycles. The molecule has 6 rings (SSSR count). The van der Waals surface area contributed by atoms with Crippen molar-refractivity contribution in [3.05, 3.63) is 122 Å². The fourth-order valence-electron chi connectivity index (χ4n) is 4.27. The van der Waals surface area contributed by atoms with Gasteiger partial charge in [-0.25, -0.2) is 4.37 Å². The van der Waals surface area contributed by atoms with Crippen molar-refractivity contribution in [2.45, 2.75) is 13.1 Å². The van der Waals surface area contributed by atoms with E-state index in [1.165, 1.54) is 32.8 Å². The van der Waals surface area contributed by atoms with Gasteiger partial charge >= 0.3 is 0 Å². The molecular formula is C29H20ClN7O3S2. The largest absolute Gasteiger partial charge is 0.365 e. The first kappa shape index (κ1) is 27.4. The Bertz CT molecular complexity index is 1940. The fourth-order valence-corrected chi connectivity index (χ4v) is 5.82.